The van der Waals surface area contributed by atoms with Gasteiger partial charge in [-0.1, -0.05) is 61.5 Å². The van der Waals surface area contributed by atoms with Crippen LogP contribution in [0.4, 0.5) is 0 Å². The van der Waals surface area contributed by atoms with Crippen molar-refractivity contribution in [3.05, 3.63) is 53.7 Å². The topological polar surface area (TPSA) is 73.1 Å². The summed E-state index contributed by atoms with van der Waals surface area (Å²) in [7, 11) is -3.29. The third-order valence-corrected chi connectivity index (χ3v) is 4.30. The van der Waals surface area contributed by atoms with Crippen LogP contribution in [-0.4, -0.2) is 24.3 Å². The van der Waals surface area contributed by atoms with Gasteiger partial charge in [0.05, 0.1) is 5.75 Å². The molecule has 1 heterocycles. The van der Waals surface area contributed by atoms with Crippen LogP contribution in [-0.2, 0) is 22.0 Å². The number of aromatic nitrogens is 2. The molecule has 0 bridgehead atoms. The Labute approximate surface area is 131 Å². The summed E-state index contributed by atoms with van der Waals surface area (Å²) < 4.78 is 29.1. The van der Waals surface area contributed by atoms with Crippen molar-refractivity contribution in [2.24, 2.45) is 5.92 Å². The Morgan fingerprint density at radius 3 is 2.64 bits per heavy atom. The zero-order valence-corrected chi connectivity index (χ0v) is 13.6. The molecule has 0 fully saturated rings. The Balaban J connectivity index is 1.93. The number of benzene rings is 1. The summed E-state index contributed by atoms with van der Waals surface area (Å²) in [6, 6.07) is 9.56. The zero-order valence-electron chi connectivity index (χ0n) is 12.8. The molecule has 2 rings (SSSR count). The van der Waals surface area contributed by atoms with Gasteiger partial charge in [0.1, 0.15) is 5.75 Å². The van der Waals surface area contributed by atoms with Gasteiger partial charge in [-0.2, -0.15) is 4.98 Å². The molecule has 5 nitrogen and oxygen atoms in total. The van der Waals surface area contributed by atoms with E-state index < -0.39 is 9.84 Å². The molecule has 0 aliphatic carbocycles. The lowest BCUT2D eigenvalue weighted by Crippen LogP contribution is -2.08. The van der Waals surface area contributed by atoms with Crippen molar-refractivity contribution in [3.8, 4) is 0 Å². The van der Waals surface area contributed by atoms with Gasteiger partial charge in [0.25, 0.3) is 0 Å². The quantitative estimate of drug-likeness (QED) is 0.784. The number of nitrogens with zero attached hydrogens (tertiary/aromatic N) is 2. The smallest absolute Gasteiger partial charge is 0.226 e. The predicted octanol–water partition coefficient (Wildman–Crippen LogP) is 2.90. The van der Waals surface area contributed by atoms with Crippen molar-refractivity contribution in [1.29, 1.82) is 0 Å². The minimum Gasteiger partial charge on any atom is -0.339 e. The van der Waals surface area contributed by atoms with Crippen molar-refractivity contribution < 1.29 is 12.9 Å². The van der Waals surface area contributed by atoms with Gasteiger partial charge in [-0.3, -0.25) is 0 Å². The summed E-state index contributed by atoms with van der Waals surface area (Å²) in [4.78, 5) is 4.12. The fraction of sp³-hybridized carbons (Fsp3) is 0.375. The Bertz CT molecular complexity index is 719. The molecule has 0 saturated heterocycles. The van der Waals surface area contributed by atoms with Crippen molar-refractivity contribution in [3.63, 3.8) is 0 Å². The van der Waals surface area contributed by atoms with Gasteiger partial charge in [-0.05, 0) is 11.5 Å². The summed E-state index contributed by atoms with van der Waals surface area (Å²) >= 11 is 0. The van der Waals surface area contributed by atoms with Gasteiger partial charge in [0, 0.05) is 6.42 Å². The lowest BCUT2D eigenvalue weighted by atomic mass is 10.1. The lowest BCUT2D eigenvalue weighted by molar-refractivity contribution is 0.359. The number of hydrogen-bond donors (Lipinski definition) is 0. The highest BCUT2D eigenvalue weighted by atomic mass is 32.2. The standard InChI is InChI=1S/C16H20N2O3S/c1-13(2)11-16-17-15(18-21-16)12-22(19,20)10-6-9-14-7-4-3-5-8-14/h3-9,13H,10-12H2,1-2H3. The highest BCUT2D eigenvalue weighted by Gasteiger charge is 2.16. The summed E-state index contributed by atoms with van der Waals surface area (Å²) in [5, 5.41) is 3.73. The molecule has 0 atom stereocenters. The third kappa shape index (κ3) is 5.44. The van der Waals surface area contributed by atoms with Crippen LogP contribution in [0.2, 0.25) is 0 Å². The molecular weight excluding hydrogens is 300 g/mol. The molecule has 1 aromatic heterocycles. The minimum atomic E-state index is -3.29. The van der Waals surface area contributed by atoms with Gasteiger partial charge < -0.3 is 4.52 Å². The third-order valence-electron chi connectivity index (χ3n) is 2.90. The molecule has 1 aromatic carbocycles. The molecule has 0 N–H and O–H groups in total. The SMILES string of the molecule is CC(C)Cc1nc(CS(=O)(=O)CC=Cc2ccccc2)no1. The van der Waals surface area contributed by atoms with Gasteiger partial charge in [-0.25, -0.2) is 8.42 Å². The second-order valence-corrected chi connectivity index (χ2v) is 7.68. The Hall–Kier alpha value is -1.95. The van der Waals surface area contributed by atoms with Crippen LogP contribution in [0.3, 0.4) is 0 Å². The maximum absolute atomic E-state index is 12.0. The van der Waals surface area contributed by atoms with E-state index in [9.17, 15) is 8.42 Å². The van der Waals surface area contributed by atoms with Crippen LogP contribution in [0.25, 0.3) is 6.08 Å². The molecule has 0 aliphatic heterocycles. The fourth-order valence-corrected chi connectivity index (χ4v) is 2.95. The first-order valence-electron chi connectivity index (χ1n) is 7.18. The lowest BCUT2D eigenvalue weighted by Gasteiger charge is -1.97. The first-order chi connectivity index (χ1) is 10.4. The molecule has 0 amide bonds. The van der Waals surface area contributed by atoms with E-state index >= 15 is 0 Å². The molecule has 6 heteroatoms. The van der Waals surface area contributed by atoms with Crippen molar-refractivity contribution in [2.75, 3.05) is 5.75 Å². The van der Waals surface area contributed by atoms with Crippen molar-refractivity contribution in [2.45, 2.75) is 26.0 Å². The van der Waals surface area contributed by atoms with Gasteiger partial charge in [-0.15, -0.1) is 0 Å². The first kappa shape index (κ1) is 16.4. The molecule has 0 unspecified atom stereocenters. The second kappa shape index (κ2) is 7.35. The van der Waals surface area contributed by atoms with Crippen LogP contribution < -0.4 is 0 Å². The van der Waals surface area contributed by atoms with Crippen LogP contribution in [0.15, 0.2) is 40.9 Å². The van der Waals surface area contributed by atoms with Crippen LogP contribution in [0, 0.1) is 5.92 Å². The largest absolute Gasteiger partial charge is 0.339 e. The van der Waals surface area contributed by atoms with Crippen LogP contribution >= 0.6 is 0 Å². The summed E-state index contributed by atoms with van der Waals surface area (Å²) in [5.74, 6) is 0.853. The van der Waals surface area contributed by atoms with E-state index in [4.69, 9.17) is 4.52 Å². The maximum atomic E-state index is 12.0. The summed E-state index contributed by atoms with van der Waals surface area (Å²) in [5.41, 5.74) is 0.969. The van der Waals surface area contributed by atoms with Gasteiger partial charge in [0.2, 0.25) is 5.89 Å². The van der Waals surface area contributed by atoms with E-state index in [2.05, 4.69) is 10.1 Å². The maximum Gasteiger partial charge on any atom is 0.226 e. The van der Waals surface area contributed by atoms with Crippen LogP contribution in [0.5, 0.6) is 0 Å². The molecular formula is C16H20N2O3S. The normalized spacial score (nSPS) is 12.3. The monoisotopic (exact) mass is 320 g/mol. The van der Waals surface area contributed by atoms with E-state index in [1.807, 2.05) is 44.2 Å². The van der Waals surface area contributed by atoms with Gasteiger partial charge >= 0.3 is 0 Å². The molecule has 0 aliphatic rings. The first-order valence-corrected chi connectivity index (χ1v) is 9.00. The number of hydrogen-bond acceptors (Lipinski definition) is 5. The Morgan fingerprint density at radius 1 is 1.23 bits per heavy atom. The van der Waals surface area contributed by atoms with E-state index in [0.717, 1.165) is 5.56 Å². The average molecular weight is 320 g/mol. The molecule has 118 valence electrons. The number of rotatable bonds is 7. The molecule has 22 heavy (non-hydrogen) atoms. The second-order valence-electron chi connectivity index (χ2n) is 5.57. The van der Waals surface area contributed by atoms with E-state index in [1.54, 1.807) is 12.2 Å². The highest BCUT2D eigenvalue weighted by Crippen LogP contribution is 2.09. The Morgan fingerprint density at radius 2 is 1.95 bits per heavy atom. The fourth-order valence-electron chi connectivity index (χ4n) is 1.93. The van der Waals surface area contributed by atoms with E-state index in [-0.39, 0.29) is 17.3 Å². The van der Waals surface area contributed by atoms with E-state index in [1.165, 1.54) is 0 Å². The van der Waals surface area contributed by atoms with E-state index in [0.29, 0.717) is 18.2 Å². The molecule has 0 spiro atoms. The van der Waals surface area contributed by atoms with Gasteiger partial charge in [0.15, 0.2) is 15.7 Å². The van der Waals surface area contributed by atoms with Crippen molar-refractivity contribution >= 4 is 15.9 Å². The number of sulfone groups is 1. The summed E-state index contributed by atoms with van der Waals surface area (Å²) in [6.45, 7) is 4.07. The molecule has 0 saturated carbocycles. The summed E-state index contributed by atoms with van der Waals surface area (Å²) in [6.07, 6.45) is 4.08. The minimum absolute atomic E-state index is 0.0457. The Kier molecular flexibility index (Phi) is 5.49. The average Bonchev–Trinajstić information content (AvgIpc) is 2.85. The molecule has 2 aromatic rings. The zero-order chi connectivity index (χ0) is 16.0. The molecule has 0 radical (unpaired) electrons. The predicted molar refractivity (Wildman–Crippen MR) is 85.8 cm³/mol. The van der Waals surface area contributed by atoms with Crippen molar-refractivity contribution in [1.82, 2.24) is 10.1 Å². The van der Waals surface area contributed by atoms with Crippen LogP contribution in [0.1, 0.15) is 31.1 Å². The highest BCUT2D eigenvalue weighted by molar-refractivity contribution is 7.90.